The number of hydrogen-bond acceptors (Lipinski definition) is 7. The summed E-state index contributed by atoms with van der Waals surface area (Å²) < 4.78 is 55.5. The minimum atomic E-state index is -3.44. The zero-order valence-corrected chi connectivity index (χ0v) is 17.1. The van der Waals surface area contributed by atoms with Crippen LogP contribution in [0.1, 0.15) is 12.1 Å². The molecule has 0 saturated carbocycles. The number of piperazine rings is 1. The van der Waals surface area contributed by atoms with Crippen molar-refractivity contribution in [2.75, 3.05) is 52.6 Å². The fourth-order valence-corrected chi connectivity index (χ4v) is 4.59. The Morgan fingerprint density at radius 1 is 1.22 bits per heavy atom. The highest BCUT2D eigenvalue weighted by Crippen LogP contribution is 2.12. The Balaban J connectivity index is 1.77. The minimum absolute atomic E-state index is 0.177. The molecule has 0 aromatic carbocycles. The van der Waals surface area contributed by atoms with Gasteiger partial charge in [-0.25, -0.2) is 21.6 Å². The first-order valence-corrected chi connectivity index (χ1v) is 12.0. The largest absolute Gasteiger partial charge is 0.364 e. The lowest BCUT2D eigenvalue weighted by Crippen LogP contribution is -2.54. The number of guanidine groups is 1. The molecule has 154 valence electrons. The second kappa shape index (κ2) is 9.48. The molecular formula is C14H26N6O5S2. The van der Waals surface area contributed by atoms with Crippen LogP contribution in [0.4, 0.5) is 0 Å². The van der Waals surface area contributed by atoms with Crippen molar-refractivity contribution >= 4 is 26.0 Å². The second-order valence-electron chi connectivity index (χ2n) is 6.13. The van der Waals surface area contributed by atoms with Gasteiger partial charge in [-0.05, 0) is 6.42 Å². The fraction of sp³-hybridized carbons (Fsp3) is 0.714. The van der Waals surface area contributed by atoms with Crippen molar-refractivity contribution in [2.24, 2.45) is 4.99 Å². The highest BCUT2D eigenvalue weighted by molar-refractivity contribution is 7.88. The molecule has 1 aliphatic rings. The molecule has 1 saturated heterocycles. The van der Waals surface area contributed by atoms with E-state index >= 15 is 0 Å². The molecule has 0 atom stereocenters. The molecule has 0 radical (unpaired) electrons. The SMILES string of the molecule is CN=C(NCCCNS(C)(=O)=O)N1CCN(S(=O)(=O)Cc2ccon2)CC1. The summed E-state index contributed by atoms with van der Waals surface area (Å²) in [5.41, 5.74) is 0.387. The van der Waals surface area contributed by atoms with Gasteiger partial charge in [-0.1, -0.05) is 5.16 Å². The summed E-state index contributed by atoms with van der Waals surface area (Å²) in [6.07, 6.45) is 3.08. The molecule has 13 heteroatoms. The summed E-state index contributed by atoms with van der Waals surface area (Å²) in [7, 11) is -4.97. The number of nitrogens with one attached hydrogen (secondary N) is 2. The van der Waals surface area contributed by atoms with E-state index in [9.17, 15) is 16.8 Å². The van der Waals surface area contributed by atoms with Crippen LogP contribution in [0.5, 0.6) is 0 Å². The Morgan fingerprint density at radius 2 is 1.93 bits per heavy atom. The van der Waals surface area contributed by atoms with Gasteiger partial charge in [-0.3, -0.25) is 4.99 Å². The minimum Gasteiger partial charge on any atom is -0.364 e. The summed E-state index contributed by atoms with van der Waals surface area (Å²) in [4.78, 5) is 6.19. The van der Waals surface area contributed by atoms with Gasteiger partial charge in [0.15, 0.2) is 5.96 Å². The van der Waals surface area contributed by atoms with E-state index in [1.165, 1.54) is 16.6 Å². The Kier molecular flexibility index (Phi) is 7.59. The van der Waals surface area contributed by atoms with Crippen molar-refractivity contribution in [2.45, 2.75) is 12.2 Å². The average Bonchev–Trinajstić information content (AvgIpc) is 3.09. The molecule has 0 spiro atoms. The Labute approximate surface area is 159 Å². The lowest BCUT2D eigenvalue weighted by Gasteiger charge is -2.35. The quantitative estimate of drug-likeness (QED) is 0.298. The molecule has 2 rings (SSSR count). The van der Waals surface area contributed by atoms with Gasteiger partial charge < -0.3 is 14.7 Å². The Hall–Kier alpha value is -1.70. The first kappa shape index (κ1) is 21.6. The van der Waals surface area contributed by atoms with Gasteiger partial charge in [0.2, 0.25) is 20.0 Å². The maximum absolute atomic E-state index is 12.4. The highest BCUT2D eigenvalue weighted by Gasteiger charge is 2.28. The van der Waals surface area contributed by atoms with Gasteiger partial charge in [-0.2, -0.15) is 4.31 Å². The second-order valence-corrected chi connectivity index (χ2v) is 9.93. The van der Waals surface area contributed by atoms with E-state index in [0.29, 0.717) is 57.3 Å². The van der Waals surface area contributed by atoms with Crippen LogP contribution in [-0.2, 0) is 25.8 Å². The summed E-state index contributed by atoms with van der Waals surface area (Å²) >= 11 is 0. The average molecular weight is 423 g/mol. The van der Waals surface area contributed by atoms with Crippen molar-refractivity contribution < 1.29 is 21.4 Å². The lowest BCUT2D eigenvalue weighted by atomic mass is 10.4. The number of rotatable bonds is 8. The zero-order chi connectivity index (χ0) is 19.9. The van der Waals surface area contributed by atoms with Gasteiger partial charge in [0.1, 0.15) is 12.0 Å². The molecule has 1 aromatic rings. The van der Waals surface area contributed by atoms with E-state index in [0.717, 1.165) is 6.26 Å². The van der Waals surface area contributed by atoms with Crippen molar-refractivity contribution in [3.05, 3.63) is 18.0 Å². The van der Waals surface area contributed by atoms with Crippen LogP contribution in [0, 0.1) is 0 Å². The number of sulfonamides is 2. The Morgan fingerprint density at radius 3 is 2.48 bits per heavy atom. The molecule has 0 aliphatic carbocycles. The van der Waals surface area contributed by atoms with Gasteiger partial charge in [0.05, 0.1) is 11.9 Å². The normalized spacial score (nSPS) is 17.3. The molecule has 2 heterocycles. The molecule has 1 aromatic heterocycles. The van der Waals surface area contributed by atoms with Gasteiger partial charge in [-0.15, -0.1) is 0 Å². The van der Waals surface area contributed by atoms with E-state index in [-0.39, 0.29) is 5.75 Å². The molecule has 0 unspecified atom stereocenters. The van der Waals surface area contributed by atoms with Crippen LogP contribution in [-0.4, -0.2) is 89.7 Å². The van der Waals surface area contributed by atoms with Crippen LogP contribution in [0.25, 0.3) is 0 Å². The number of nitrogens with zero attached hydrogens (tertiary/aromatic N) is 4. The van der Waals surface area contributed by atoms with Gasteiger partial charge in [0, 0.05) is 52.4 Å². The lowest BCUT2D eigenvalue weighted by molar-refractivity contribution is 0.260. The van der Waals surface area contributed by atoms with Gasteiger partial charge in [0.25, 0.3) is 0 Å². The molecule has 27 heavy (non-hydrogen) atoms. The monoisotopic (exact) mass is 422 g/mol. The molecule has 2 N–H and O–H groups in total. The molecule has 1 fully saturated rings. The standard InChI is InChI=1S/C14H26N6O5S2/c1-15-14(16-5-3-6-17-26(2,21)22)19-7-9-20(10-8-19)27(23,24)12-13-4-11-25-18-13/h4,11,17H,3,5-10,12H2,1-2H3,(H,15,16). The van der Waals surface area contributed by atoms with Crippen molar-refractivity contribution in [3.8, 4) is 0 Å². The maximum atomic E-state index is 12.4. The first-order chi connectivity index (χ1) is 12.7. The molecule has 11 nitrogen and oxygen atoms in total. The van der Waals surface area contributed by atoms with E-state index in [2.05, 4.69) is 24.7 Å². The molecule has 1 aliphatic heterocycles. The van der Waals surface area contributed by atoms with Crippen molar-refractivity contribution in [1.82, 2.24) is 24.4 Å². The number of hydrogen-bond donors (Lipinski definition) is 2. The van der Waals surface area contributed by atoms with Gasteiger partial charge >= 0.3 is 0 Å². The molecular weight excluding hydrogens is 396 g/mol. The fourth-order valence-electron chi connectivity index (χ4n) is 2.65. The third-order valence-electron chi connectivity index (χ3n) is 3.97. The highest BCUT2D eigenvalue weighted by atomic mass is 32.2. The smallest absolute Gasteiger partial charge is 0.220 e. The summed E-state index contributed by atoms with van der Waals surface area (Å²) in [6, 6.07) is 1.54. The molecule has 0 amide bonds. The zero-order valence-electron chi connectivity index (χ0n) is 15.5. The van der Waals surface area contributed by atoms with Crippen molar-refractivity contribution in [1.29, 1.82) is 0 Å². The van der Waals surface area contributed by atoms with Crippen LogP contribution in [0.3, 0.4) is 0 Å². The van der Waals surface area contributed by atoms with E-state index in [4.69, 9.17) is 0 Å². The summed E-state index contributed by atoms with van der Waals surface area (Å²) in [5.74, 6) is 0.493. The third kappa shape index (κ3) is 7.08. The molecule has 0 bridgehead atoms. The van der Waals surface area contributed by atoms with E-state index in [1.807, 2.05) is 4.90 Å². The predicted molar refractivity (Wildman–Crippen MR) is 101 cm³/mol. The summed E-state index contributed by atoms with van der Waals surface area (Å²) in [5, 5.41) is 6.82. The predicted octanol–water partition coefficient (Wildman–Crippen LogP) is -1.36. The maximum Gasteiger partial charge on any atom is 0.220 e. The third-order valence-corrected chi connectivity index (χ3v) is 6.51. The van der Waals surface area contributed by atoms with E-state index < -0.39 is 20.0 Å². The van der Waals surface area contributed by atoms with Crippen LogP contribution in [0.15, 0.2) is 21.8 Å². The van der Waals surface area contributed by atoms with Crippen molar-refractivity contribution in [3.63, 3.8) is 0 Å². The summed E-state index contributed by atoms with van der Waals surface area (Å²) in [6.45, 7) is 2.64. The number of aromatic nitrogens is 1. The van der Waals surface area contributed by atoms with E-state index in [1.54, 1.807) is 7.05 Å². The first-order valence-electron chi connectivity index (χ1n) is 8.48. The Bertz CT molecular complexity index is 814. The van der Waals surface area contributed by atoms with Crippen LogP contribution >= 0.6 is 0 Å². The number of aliphatic imine (C=N–C) groups is 1. The topological polar surface area (TPSA) is 137 Å². The van der Waals surface area contributed by atoms with Crippen LogP contribution in [0.2, 0.25) is 0 Å². The van der Waals surface area contributed by atoms with Crippen LogP contribution < -0.4 is 10.0 Å².